The predicted molar refractivity (Wildman–Crippen MR) is 88.1 cm³/mol. The second kappa shape index (κ2) is 7.99. The quantitative estimate of drug-likeness (QED) is 0.758. The van der Waals surface area contributed by atoms with Crippen LogP contribution in [0.25, 0.3) is 0 Å². The van der Waals surface area contributed by atoms with Crippen molar-refractivity contribution in [3.63, 3.8) is 0 Å². The van der Waals surface area contributed by atoms with Crippen LogP contribution in [0, 0.1) is 5.92 Å². The Balaban J connectivity index is 1.51. The Morgan fingerprint density at radius 3 is 2.46 bits per heavy atom. The van der Waals surface area contributed by atoms with Crippen LogP contribution >= 0.6 is 0 Å². The predicted octanol–water partition coefficient (Wildman–Crippen LogP) is 1.64. The van der Waals surface area contributed by atoms with Gasteiger partial charge >= 0.3 is 12.1 Å². The van der Waals surface area contributed by atoms with Gasteiger partial charge in [0.05, 0.1) is 5.92 Å². The van der Waals surface area contributed by atoms with Crippen molar-refractivity contribution in [3.05, 3.63) is 35.9 Å². The van der Waals surface area contributed by atoms with Crippen LogP contribution in [-0.2, 0) is 30.6 Å². The third-order valence-electron chi connectivity index (χ3n) is 4.41. The van der Waals surface area contributed by atoms with Crippen molar-refractivity contribution in [2.45, 2.75) is 32.3 Å². The average molecular weight is 360 g/mol. The Morgan fingerprint density at radius 1 is 1.08 bits per heavy atom. The summed E-state index contributed by atoms with van der Waals surface area (Å²) in [5.74, 6) is -2.29. The molecule has 8 nitrogen and oxygen atoms in total. The van der Waals surface area contributed by atoms with Crippen LogP contribution in [0.2, 0.25) is 0 Å². The second-order valence-electron chi connectivity index (χ2n) is 6.32. The Hall–Kier alpha value is -2.90. The number of hydrogen-bond acceptors (Lipinski definition) is 6. The van der Waals surface area contributed by atoms with E-state index in [0.29, 0.717) is 24.4 Å². The van der Waals surface area contributed by atoms with Gasteiger partial charge in [0.15, 0.2) is 0 Å². The molecular formula is C18H20N2O6. The molecule has 2 saturated heterocycles. The standard InChI is InChI=1S/C18H20N2O6/c21-15-8-9-16(22)20(15)26-17(23)14-7-4-10-19(11-14)18(24)25-12-13-5-2-1-3-6-13/h1-3,5-6,14H,4,7-12H2. The monoisotopic (exact) mass is 360 g/mol. The molecule has 1 aromatic rings. The summed E-state index contributed by atoms with van der Waals surface area (Å²) < 4.78 is 5.28. The van der Waals surface area contributed by atoms with Gasteiger partial charge < -0.3 is 14.5 Å². The fourth-order valence-corrected chi connectivity index (χ4v) is 2.97. The molecule has 2 aliphatic rings. The van der Waals surface area contributed by atoms with Gasteiger partial charge in [0.25, 0.3) is 11.8 Å². The molecule has 1 unspecified atom stereocenters. The van der Waals surface area contributed by atoms with Gasteiger partial charge in [0.2, 0.25) is 0 Å². The maximum absolute atomic E-state index is 12.2. The molecule has 0 radical (unpaired) electrons. The molecule has 1 aromatic carbocycles. The van der Waals surface area contributed by atoms with E-state index in [1.165, 1.54) is 4.90 Å². The van der Waals surface area contributed by atoms with Gasteiger partial charge in [-0.05, 0) is 18.4 Å². The molecule has 0 spiro atoms. The molecule has 26 heavy (non-hydrogen) atoms. The Kier molecular flexibility index (Phi) is 5.50. The van der Waals surface area contributed by atoms with Crippen molar-refractivity contribution in [3.8, 4) is 0 Å². The normalized spacial score (nSPS) is 20.2. The van der Waals surface area contributed by atoms with Crippen molar-refractivity contribution in [1.82, 2.24) is 9.96 Å². The highest BCUT2D eigenvalue weighted by molar-refractivity contribution is 6.01. The maximum atomic E-state index is 12.2. The van der Waals surface area contributed by atoms with Gasteiger partial charge in [0, 0.05) is 25.9 Å². The molecule has 0 bridgehead atoms. The van der Waals surface area contributed by atoms with Crippen molar-refractivity contribution in [2.75, 3.05) is 13.1 Å². The highest BCUT2D eigenvalue weighted by atomic mass is 16.7. The molecule has 0 aliphatic carbocycles. The van der Waals surface area contributed by atoms with Crippen LogP contribution in [-0.4, -0.2) is 46.9 Å². The molecule has 2 fully saturated rings. The minimum atomic E-state index is -0.672. The third kappa shape index (κ3) is 4.19. The molecule has 3 amide bonds. The average Bonchev–Trinajstić information content (AvgIpc) is 2.99. The number of carbonyl (C=O) groups excluding carboxylic acids is 4. The summed E-state index contributed by atoms with van der Waals surface area (Å²) in [6, 6.07) is 9.30. The van der Waals surface area contributed by atoms with Gasteiger partial charge in [-0.15, -0.1) is 5.06 Å². The maximum Gasteiger partial charge on any atom is 0.410 e. The number of amides is 3. The minimum absolute atomic E-state index is 0.0503. The first-order valence-electron chi connectivity index (χ1n) is 8.58. The number of hydrogen-bond donors (Lipinski definition) is 0. The lowest BCUT2D eigenvalue weighted by atomic mass is 9.99. The number of rotatable bonds is 4. The van der Waals surface area contributed by atoms with E-state index < -0.39 is 29.8 Å². The molecule has 0 aromatic heterocycles. The van der Waals surface area contributed by atoms with Crippen LogP contribution in [0.5, 0.6) is 0 Å². The summed E-state index contributed by atoms with van der Waals surface area (Å²) in [4.78, 5) is 53.9. The third-order valence-corrected chi connectivity index (χ3v) is 4.41. The summed E-state index contributed by atoms with van der Waals surface area (Å²) in [7, 11) is 0. The highest BCUT2D eigenvalue weighted by Gasteiger charge is 2.37. The number of ether oxygens (including phenoxy) is 1. The van der Waals surface area contributed by atoms with E-state index in [-0.39, 0.29) is 26.0 Å². The van der Waals surface area contributed by atoms with Crippen molar-refractivity contribution >= 4 is 23.9 Å². The van der Waals surface area contributed by atoms with Crippen LogP contribution in [0.3, 0.4) is 0 Å². The van der Waals surface area contributed by atoms with Crippen molar-refractivity contribution in [1.29, 1.82) is 0 Å². The lowest BCUT2D eigenvalue weighted by Gasteiger charge is -2.31. The van der Waals surface area contributed by atoms with Gasteiger partial charge in [-0.1, -0.05) is 30.3 Å². The van der Waals surface area contributed by atoms with E-state index in [2.05, 4.69) is 0 Å². The first-order chi connectivity index (χ1) is 12.5. The zero-order valence-corrected chi connectivity index (χ0v) is 14.3. The molecule has 2 heterocycles. The van der Waals surface area contributed by atoms with Gasteiger partial charge in [0.1, 0.15) is 6.61 Å². The van der Waals surface area contributed by atoms with Crippen molar-refractivity contribution < 1.29 is 28.8 Å². The van der Waals surface area contributed by atoms with Crippen LogP contribution in [0.4, 0.5) is 4.79 Å². The first kappa shape index (κ1) is 17.9. The molecule has 0 saturated carbocycles. The fourth-order valence-electron chi connectivity index (χ4n) is 2.97. The zero-order valence-electron chi connectivity index (χ0n) is 14.3. The summed E-state index contributed by atoms with van der Waals surface area (Å²) in [6.45, 7) is 0.781. The van der Waals surface area contributed by atoms with E-state index in [1.54, 1.807) is 0 Å². The summed E-state index contributed by atoms with van der Waals surface area (Å²) >= 11 is 0. The first-order valence-corrected chi connectivity index (χ1v) is 8.58. The van der Waals surface area contributed by atoms with Crippen molar-refractivity contribution in [2.24, 2.45) is 5.92 Å². The fraction of sp³-hybridized carbons (Fsp3) is 0.444. The zero-order chi connectivity index (χ0) is 18.5. The largest absolute Gasteiger partial charge is 0.445 e. The molecule has 0 N–H and O–H groups in total. The molecule has 3 rings (SSSR count). The highest BCUT2D eigenvalue weighted by Crippen LogP contribution is 2.21. The van der Waals surface area contributed by atoms with E-state index in [4.69, 9.17) is 9.57 Å². The van der Waals surface area contributed by atoms with Crippen LogP contribution in [0.1, 0.15) is 31.2 Å². The topological polar surface area (TPSA) is 93.2 Å². The van der Waals surface area contributed by atoms with Crippen LogP contribution in [0.15, 0.2) is 30.3 Å². The lowest BCUT2D eigenvalue weighted by Crippen LogP contribution is -2.44. The molecule has 138 valence electrons. The summed E-state index contributed by atoms with van der Waals surface area (Å²) in [5.41, 5.74) is 0.875. The molecule has 8 heteroatoms. The van der Waals surface area contributed by atoms with Gasteiger partial charge in [-0.3, -0.25) is 9.59 Å². The smallest absolute Gasteiger partial charge is 0.410 e. The lowest BCUT2D eigenvalue weighted by molar-refractivity contribution is -0.201. The number of nitrogens with zero attached hydrogens (tertiary/aromatic N) is 2. The number of piperidine rings is 1. The van der Waals surface area contributed by atoms with Gasteiger partial charge in [-0.25, -0.2) is 9.59 Å². The summed E-state index contributed by atoms with van der Waals surface area (Å²) in [6.07, 6.45) is 0.739. The Morgan fingerprint density at radius 2 is 1.77 bits per heavy atom. The van der Waals surface area contributed by atoms with E-state index in [0.717, 1.165) is 5.56 Å². The summed E-state index contributed by atoms with van der Waals surface area (Å²) in [5, 5.41) is 0.537. The molecule has 2 aliphatic heterocycles. The van der Waals surface area contributed by atoms with Crippen LogP contribution < -0.4 is 0 Å². The van der Waals surface area contributed by atoms with E-state index in [9.17, 15) is 19.2 Å². The number of likely N-dealkylation sites (tertiary alicyclic amines) is 1. The number of carbonyl (C=O) groups is 4. The van der Waals surface area contributed by atoms with Gasteiger partial charge in [-0.2, -0.15) is 0 Å². The van der Waals surface area contributed by atoms with E-state index >= 15 is 0 Å². The minimum Gasteiger partial charge on any atom is -0.445 e. The molecular weight excluding hydrogens is 340 g/mol. The molecule has 1 atom stereocenters. The number of hydroxylamine groups is 2. The number of imide groups is 1. The SMILES string of the molecule is O=C(ON1C(=O)CCC1=O)C1CCCN(C(=O)OCc2ccccc2)C1. The van der Waals surface area contributed by atoms with E-state index in [1.807, 2.05) is 30.3 Å². The number of benzene rings is 1. The Bertz CT molecular complexity index is 689. The Labute approximate surface area is 150 Å². The second-order valence-corrected chi connectivity index (χ2v) is 6.32.